The fourth-order valence-electron chi connectivity index (χ4n) is 4.52. The SMILES string of the molecule is CC.COC(=O)Cn1cc(N(C=O)CCOCCOCCOCCO)ccc1=O.c1ccc2c(N3CCCCC3)cncc2c1. The minimum atomic E-state index is -0.558. The second-order valence-corrected chi connectivity index (χ2v) is 9.72. The molecule has 248 valence electrons. The Kier molecular flexibility index (Phi) is 18.8. The van der Waals surface area contributed by atoms with Gasteiger partial charge in [-0.2, -0.15) is 0 Å². The maximum Gasteiger partial charge on any atom is 0.325 e. The molecule has 1 saturated heterocycles. The van der Waals surface area contributed by atoms with E-state index in [1.54, 1.807) is 0 Å². The molecule has 0 bridgehead atoms. The highest BCUT2D eigenvalue weighted by Gasteiger charge is 2.13. The maximum absolute atomic E-state index is 11.8. The van der Waals surface area contributed by atoms with Crippen molar-refractivity contribution in [2.24, 2.45) is 0 Å². The van der Waals surface area contributed by atoms with Crippen molar-refractivity contribution in [3.05, 3.63) is 65.3 Å². The van der Waals surface area contributed by atoms with Crippen molar-refractivity contribution in [2.75, 3.05) is 82.8 Å². The normalized spacial score (nSPS) is 12.4. The van der Waals surface area contributed by atoms with Gasteiger partial charge in [0, 0.05) is 48.9 Å². The summed E-state index contributed by atoms with van der Waals surface area (Å²) in [6.45, 7) is 8.50. The highest BCUT2D eigenvalue weighted by molar-refractivity contribution is 5.93. The lowest BCUT2D eigenvalue weighted by atomic mass is 10.1. The molecule has 1 aliphatic rings. The highest BCUT2D eigenvalue weighted by Crippen LogP contribution is 2.27. The molecular weight excluding hydrogens is 580 g/mol. The Hall–Kier alpha value is -3.84. The molecule has 12 nitrogen and oxygen atoms in total. The van der Waals surface area contributed by atoms with Crippen LogP contribution in [0.4, 0.5) is 11.4 Å². The van der Waals surface area contributed by atoms with Crippen molar-refractivity contribution in [1.29, 1.82) is 0 Å². The topological polar surface area (TPSA) is 133 Å². The molecule has 0 spiro atoms. The molecule has 45 heavy (non-hydrogen) atoms. The first-order valence-corrected chi connectivity index (χ1v) is 15.5. The van der Waals surface area contributed by atoms with E-state index in [-0.39, 0.29) is 38.5 Å². The third-order valence-corrected chi connectivity index (χ3v) is 6.75. The van der Waals surface area contributed by atoms with Crippen LogP contribution < -0.4 is 15.4 Å². The third kappa shape index (κ3) is 13.4. The Morgan fingerprint density at radius 3 is 2.27 bits per heavy atom. The van der Waals surface area contributed by atoms with Gasteiger partial charge in [0.25, 0.3) is 5.56 Å². The number of anilines is 2. The molecule has 2 aromatic heterocycles. The number of aliphatic hydroxyl groups excluding tert-OH is 1. The standard InChI is InChI=1S/C17H26N2O8.C14H16N2.C2H6/c1-24-17(23)13-19-12-15(2-3-16(19)22)18(14-21)4-6-25-8-10-27-11-9-26-7-5-20;1-4-8-16(9-5-1)14-11-15-10-12-6-2-3-7-13(12)14;1-2/h2-3,12,14,20H,4-11,13H2,1H3;2-3,6-7,10-11H,1,4-5,8-9H2;1-2H3. The lowest BCUT2D eigenvalue weighted by Gasteiger charge is -2.29. The Labute approximate surface area is 265 Å². The van der Waals surface area contributed by atoms with Gasteiger partial charge in [-0.05, 0) is 25.3 Å². The molecule has 1 amide bonds. The maximum atomic E-state index is 11.8. The van der Waals surface area contributed by atoms with Gasteiger partial charge in [-0.25, -0.2) is 0 Å². The molecule has 1 aliphatic heterocycles. The average Bonchev–Trinajstić information content (AvgIpc) is 3.09. The monoisotopic (exact) mass is 628 g/mol. The van der Waals surface area contributed by atoms with Gasteiger partial charge in [0.15, 0.2) is 0 Å². The van der Waals surface area contributed by atoms with Crippen LogP contribution in [0.3, 0.4) is 0 Å². The zero-order valence-electron chi connectivity index (χ0n) is 26.8. The summed E-state index contributed by atoms with van der Waals surface area (Å²) in [5.74, 6) is -0.558. The number of piperidine rings is 1. The number of hydrogen-bond acceptors (Lipinski definition) is 10. The average molecular weight is 629 g/mol. The van der Waals surface area contributed by atoms with E-state index < -0.39 is 5.97 Å². The smallest absolute Gasteiger partial charge is 0.325 e. The summed E-state index contributed by atoms with van der Waals surface area (Å²) in [6, 6.07) is 11.3. The summed E-state index contributed by atoms with van der Waals surface area (Å²) in [7, 11) is 1.23. The molecule has 0 atom stereocenters. The van der Waals surface area contributed by atoms with E-state index in [1.807, 2.05) is 26.2 Å². The molecule has 12 heteroatoms. The number of fused-ring (bicyclic) bond motifs is 1. The van der Waals surface area contributed by atoms with Gasteiger partial charge in [0.05, 0.1) is 70.9 Å². The first kappa shape index (κ1) is 37.3. The number of nitrogens with zero attached hydrogens (tertiary/aromatic N) is 4. The summed E-state index contributed by atoms with van der Waals surface area (Å²) in [5.41, 5.74) is 1.40. The minimum absolute atomic E-state index is 0.0173. The summed E-state index contributed by atoms with van der Waals surface area (Å²) in [6.07, 6.45) is 9.99. The Bertz CT molecular complexity index is 1310. The molecule has 0 unspecified atom stereocenters. The molecule has 4 rings (SSSR count). The Morgan fingerprint density at radius 1 is 0.933 bits per heavy atom. The number of hydrogen-bond donors (Lipinski definition) is 1. The fourth-order valence-corrected chi connectivity index (χ4v) is 4.52. The largest absolute Gasteiger partial charge is 0.468 e. The number of pyridine rings is 2. The number of ether oxygens (including phenoxy) is 4. The van der Waals surface area contributed by atoms with Crippen LogP contribution in [0, 0.1) is 0 Å². The van der Waals surface area contributed by atoms with E-state index >= 15 is 0 Å². The van der Waals surface area contributed by atoms with Crippen molar-refractivity contribution >= 4 is 34.5 Å². The van der Waals surface area contributed by atoms with Gasteiger partial charge in [-0.1, -0.05) is 38.1 Å². The van der Waals surface area contributed by atoms with Gasteiger partial charge in [0.1, 0.15) is 6.54 Å². The minimum Gasteiger partial charge on any atom is -0.468 e. The first-order chi connectivity index (χ1) is 22.1. The molecule has 1 aromatic carbocycles. The van der Waals surface area contributed by atoms with Crippen molar-refractivity contribution in [1.82, 2.24) is 9.55 Å². The van der Waals surface area contributed by atoms with Crippen molar-refractivity contribution < 1.29 is 33.6 Å². The zero-order chi connectivity index (χ0) is 32.7. The van der Waals surface area contributed by atoms with E-state index in [1.165, 1.54) is 83.7 Å². The molecule has 3 heterocycles. The van der Waals surface area contributed by atoms with Crippen LogP contribution in [0.5, 0.6) is 0 Å². The number of aliphatic hydroxyl groups is 1. The summed E-state index contributed by atoms with van der Waals surface area (Å²) in [4.78, 5) is 42.6. The van der Waals surface area contributed by atoms with Gasteiger partial charge in [-0.15, -0.1) is 0 Å². The van der Waals surface area contributed by atoms with Crippen LogP contribution in [-0.2, 0) is 35.1 Å². The van der Waals surface area contributed by atoms with Crippen LogP contribution in [0.15, 0.2) is 59.8 Å². The first-order valence-electron chi connectivity index (χ1n) is 15.5. The number of benzene rings is 1. The summed E-state index contributed by atoms with van der Waals surface area (Å²) >= 11 is 0. The number of carbonyl (C=O) groups excluding carboxylic acids is 2. The van der Waals surface area contributed by atoms with Crippen molar-refractivity contribution in [3.8, 4) is 0 Å². The second-order valence-electron chi connectivity index (χ2n) is 9.72. The van der Waals surface area contributed by atoms with E-state index in [9.17, 15) is 14.4 Å². The van der Waals surface area contributed by atoms with E-state index in [0.717, 1.165) is 0 Å². The Balaban J connectivity index is 0.000000329. The van der Waals surface area contributed by atoms with Crippen LogP contribution in [0.1, 0.15) is 33.1 Å². The Morgan fingerprint density at radius 2 is 1.60 bits per heavy atom. The highest BCUT2D eigenvalue weighted by atomic mass is 16.5. The number of aromatic nitrogens is 2. The number of amides is 1. The molecule has 1 N–H and O–H groups in total. The predicted molar refractivity (Wildman–Crippen MR) is 175 cm³/mol. The molecule has 0 saturated carbocycles. The van der Waals surface area contributed by atoms with Crippen LogP contribution in [0.2, 0.25) is 0 Å². The van der Waals surface area contributed by atoms with E-state index in [0.29, 0.717) is 38.5 Å². The van der Waals surface area contributed by atoms with Gasteiger partial charge >= 0.3 is 5.97 Å². The zero-order valence-corrected chi connectivity index (χ0v) is 26.8. The number of carbonyl (C=O) groups is 2. The molecule has 0 aliphatic carbocycles. The van der Waals surface area contributed by atoms with Crippen LogP contribution in [0.25, 0.3) is 10.8 Å². The summed E-state index contributed by atoms with van der Waals surface area (Å²) < 4.78 is 21.4. The quantitative estimate of drug-likeness (QED) is 0.143. The van der Waals surface area contributed by atoms with Crippen LogP contribution in [-0.4, -0.2) is 100 Å². The molecule has 1 fully saturated rings. The van der Waals surface area contributed by atoms with Crippen molar-refractivity contribution in [2.45, 2.75) is 39.7 Å². The predicted octanol–water partition coefficient (Wildman–Crippen LogP) is 3.28. The van der Waals surface area contributed by atoms with Gasteiger partial charge in [-0.3, -0.25) is 19.4 Å². The fraction of sp³-hybridized carbons (Fsp3) is 0.515. The second kappa shape index (κ2) is 22.6. The van der Waals surface area contributed by atoms with Crippen LogP contribution >= 0.6 is 0 Å². The van der Waals surface area contributed by atoms with Gasteiger partial charge in [0.2, 0.25) is 6.41 Å². The molecule has 0 radical (unpaired) electrons. The van der Waals surface area contributed by atoms with E-state index in [4.69, 9.17) is 19.3 Å². The number of rotatable bonds is 16. The molecule has 3 aromatic rings. The van der Waals surface area contributed by atoms with E-state index in [2.05, 4.69) is 38.9 Å². The summed E-state index contributed by atoms with van der Waals surface area (Å²) in [5, 5.41) is 11.1. The third-order valence-electron chi connectivity index (χ3n) is 6.75. The lowest BCUT2D eigenvalue weighted by Crippen LogP contribution is -2.29. The van der Waals surface area contributed by atoms with Crippen molar-refractivity contribution in [3.63, 3.8) is 0 Å². The van der Waals surface area contributed by atoms with Gasteiger partial charge < -0.3 is 38.4 Å². The lowest BCUT2D eigenvalue weighted by molar-refractivity contribution is -0.141. The number of esters is 1. The molecular formula is C33H48N4O8. The number of methoxy groups -OCH3 is 1.